The molecule has 0 spiro atoms. The highest BCUT2D eigenvalue weighted by atomic mass is 28.4. The molecule has 0 aliphatic heterocycles. The van der Waals surface area contributed by atoms with Crippen LogP contribution in [-0.2, 0) is 13.3 Å². The average molecular weight is 310 g/mol. The molecule has 0 aliphatic rings. The molecule has 0 saturated carbocycles. The molecule has 0 radical (unpaired) electrons. The number of rotatable bonds is 11. The molecule has 21 heavy (non-hydrogen) atoms. The summed E-state index contributed by atoms with van der Waals surface area (Å²) in [6.07, 6.45) is 2.87. The van der Waals surface area contributed by atoms with Crippen molar-refractivity contribution < 1.29 is 13.3 Å². The van der Waals surface area contributed by atoms with Crippen molar-refractivity contribution in [2.45, 2.75) is 6.42 Å². The smallest absolute Gasteiger partial charge is 0.374 e. The molecule has 0 fully saturated rings. The quantitative estimate of drug-likeness (QED) is 0.478. The Kier molecular flexibility index (Phi) is 9.16. The monoisotopic (exact) mass is 310 g/mol. The van der Waals surface area contributed by atoms with Crippen molar-refractivity contribution in [2.75, 3.05) is 40.5 Å². The molecule has 6 heteroatoms. The maximum Gasteiger partial charge on any atom is 0.529 e. The van der Waals surface area contributed by atoms with Crippen molar-refractivity contribution in [3.05, 3.63) is 41.6 Å². The molecule has 0 aromatic heterocycles. The van der Waals surface area contributed by atoms with Crippen molar-refractivity contribution in [1.29, 1.82) is 0 Å². The minimum absolute atomic E-state index is 0.588. The molecule has 1 rings (SSSR count). The number of hydrogen-bond donors (Lipinski definition) is 2. The zero-order chi connectivity index (χ0) is 15.4. The Morgan fingerprint density at radius 3 is 2.48 bits per heavy atom. The molecule has 0 atom stereocenters. The third kappa shape index (κ3) is 6.99. The highest BCUT2D eigenvalue weighted by Gasteiger charge is 2.35. The number of nitrogens with one attached hydrogen (secondary N) is 1. The van der Waals surface area contributed by atoms with Gasteiger partial charge in [0.1, 0.15) is 0 Å². The summed E-state index contributed by atoms with van der Waals surface area (Å²) in [6, 6.07) is 10.0. The molecule has 118 valence electrons. The molecule has 0 amide bonds. The molecule has 0 aliphatic carbocycles. The fourth-order valence-corrected chi connectivity index (χ4v) is 3.38. The van der Waals surface area contributed by atoms with Crippen LogP contribution >= 0.6 is 0 Å². The van der Waals surface area contributed by atoms with Crippen LogP contribution in [0.15, 0.2) is 36.0 Å². The van der Waals surface area contributed by atoms with E-state index in [0.717, 1.165) is 25.1 Å². The molecule has 3 N–H and O–H groups in total. The van der Waals surface area contributed by atoms with E-state index in [-0.39, 0.29) is 0 Å². The summed E-state index contributed by atoms with van der Waals surface area (Å²) >= 11 is 0. The van der Waals surface area contributed by atoms with Gasteiger partial charge in [-0.3, -0.25) is 0 Å². The van der Waals surface area contributed by atoms with E-state index in [0.29, 0.717) is 13.2 Å². The summed E-state index contributed by atoms with van der Waals surface area (Å²) in [6.45, 7) is 2.93. The predicted molar refractivity (Wildman–Crippen MR) is 87.7 cm³/mol. The number of hydrogen-bond acceptors (Lipinski definition) is 5. The first kappa shape index (κ1) is 18.0. The molecule has 1 aromatic carbocycles. The van der Waals surface area contributed by atoms with E-state index < -0.39 is 8.80 Å². The summed E-state index contributed by atoms with van der Waals surface area (Å²) < 4.78 is 16.9. The van der Waals surface area contributed by atoms with Crippen molar-refractivity contribution in [2.24, 2.45) is 5.73 Å². The second kappa shape index (κ2) is 10.7. The van der Waals surface area contributed by atoms with E-state index in [1.165, 1.54) is 0 Å². The lowest BCUT2D eigenvalue weighted by Gasteiger charge is -2.23. The summed E-state index contributed by atoms with van der Waals surface area (Å²) in [7, 11) is 0.518. The Labute approximate surface area is 128 Å². The van der Waals surface area contributed by atoms with Gasteiger partial charge in [-0.15, -0.1) is 0 Å². The van der Waals surface area contributed by atoms with Gasteiger partial charge in [0, 0.05) is 33.9 Å². The van der Waals surface area contributed by atoms with E-state index in [1.54, 1.807) is 14.2 Å². The molecule has 1 aromatic rings. The van der Waals surface area contributed by atoms with E-state index in [2.05, 4.69) is 5.32 Å². The van der Waals surface area contributed by atoms with Gasteiger partial charge in [-0.25, -0.2) is 0 Å². The summed E-state index contributed by atoms with van der Waals surface area (Å²) in [5, 5.41) is 3.23. The number of nitrogens with two attached hydrogens (primary N) is 1. The first-order chi connectivity index (χ1) is 10.3. The molecular formula is C15H26N2O3Si. The lowest BCUT2D eigenvalue weighted by atomic mass is 10.2. The van der Waals surface area contributed by atoms with Gasteiger partial charge in [0.25, 0.3) is 0 Å². The Morgan fingerprint density at radius 2 is 1.86 bits per heavy atom. The summed E-state index contributed by atoms with van der Waals surface area (Å²) in [4.78, 5) is 0. The van der Waals surface area contributed by atoms with Crippen LogP contribution in [0.2, 0.25) is 0 Å². The molecular weight excluding hydrogens is 284 g/mol. The maximum atomic E-state index is 5.87. The maximum absolute atomic E-state index is 5.87. The van der Waals surface area contributed by atoms with Crippen LogP contribution in [0, 0.1) is 0 Å². The van der Waals surface area contributed by atoms with Gasteiger partial charge >= 0.3 is 8.80 Å². The lowest BCUT2D eigenvalue weighted by molar-refractivity contribution is 0.111. The Balaban J connectivity index is 2.47. The number of benzene rings is 1. The molecule has 5 nitrogen and oxygen atoms in total. The Bertz CT molecular complexity index is 397. The predicted octanol–water partition coefficient (Wildman–Crippen LogP) is 1.43. The first-order valence-electron chi connectivity index (χ1n) is 7.15. The molecule has 0 heterocycles. The van der Waals surface area contributed by atoms with E-state index in [1.807, 2.05) is 42.1 Å². The third-order valence-corrected chi connectivity index (χ3v) is 5.29. The Morgan fingerprint density at radius 1 is 1.14 bits per heavy atom. The molecule has 0 saturated heterocycles. The van der Waals surface area contributed by atoms with Crippen molar-refractivity contribution in [3.8, 4) is 0 Å². The fourth-order valence-electron chi connectivity index (χ4n) is 1.79. The van der Waals surface area contributed by atoms with Gasteiger partial charge in [0.2, 0.25) is 0 Å². The van der Waals surface area contributed by atoms with Crippen LogP contribution in [-0.4, -0.2) is 49.3 Å². The van der Waals surface area contributed by atoms with E-state index in [9.17, 15) is 0 Å². The van der Waals surface area contributed by atoms with Crippen molar-refractivity contribution in [3.63, 3.8) is 0 Å². The van der Waals surface area contributed by atoms with Gasteiger partial charge in [-0.05, 0) is 24.2 Å². The zero-order valence-corrected chi connectivity index (χ0v) is 13.9. The van der Waals surface area contributed by atoms with Gasteiger partial charge in [-0.2, -0.15) is 0 Å². The highest BCUT2D eigenvalue weighted by molar-refractivity contribution is 6.66. The standard InChI is InChI=1S/C15H26N2O3Si/c1-18-21(19-2,20-13-6-11-17-12-10-16)14-9-15-7-4-3-5-8-15/h3-5,7-9,14,17H,6,10-13,16H2,1-2H3. The lowest BCUT2D eigenvalue weighted by Crippen LogP contribution is -2.42. The topological polar surface area (TPSA) is 65.7 Å². The summed E-state index contributed by atoms with van der Waals surface area (Å²) in [5.41, 5.74) is 8.42. The average Bonchev–Trinajstić information content (AvgIpc) is 2.55. The minimum Gasteiger partial charge on any atom is -0.374 e. The van der Waals surface area contributed by atoms with E-state index in [4.69, 9.17) is 19.0 Å². The van der Waals surface area contributed by atoms with Crippen LogP contribution in [0.3, 0.4) is 0 Å². The first-order valence-corrected chi connectivity index (χ1v) is 8.96. The van der Waals surface area contributed by atoms with Crippen molar-refractivity contribution in [1.82, 2.24) is 5.32 Å². The van der Waals surface area contributed by atoms with Gasteiger partial charge < -0.3 is 24.3 Å². The van der Waals surface area contributed by atoms with Gasteiger partial charge in [-0.1, -0.05) is 36.4 Å². The van der Waals surface area contributed by atoms with Crippen molar-refractivity contribution >= 4 is 14.9 Å². The third-order valence-electron chi connectivity index (χ3n) is 2.97. The van der Waals surface area contributed by atoms with E-state index >= 15 is 0 Å². The SMILES string of the molecule is CO[Si](C=Cc1ccccc1)(OC)OCCCNCCN. The zero-order valence-electron chi connectivity index (χ0n) is 12.9. The molecule has 0 bridgehead atoms. The normalized spacial score (nSPS) is 12.1. The fraction of sp³-hybridized carbons (Fsp3) is 0.467. The second-order valence-corrected chi connectivity index (χ2v) is 7.14. The second-order valence-electron chi connectivity index (χ2n) is 4.50. The molecule has 0 unspecified atom stereocenters. The van der Waals surface area contributed by atoms with Crippen LogP contribution in [0.25, 0.3) is 6.08 Å². The van der Waals surface area contributed by atoms with Gasteiger partial charge in [0.15, 0.2) is 0 Å². The van der Waals surface area contributed by atoms with Crippen LogP contribution in [0.4, 0.5) is 0 Å². The largest absolute Gasteiger partial charge is 0.529 e. The van der Waals surface area contributed by atoms with Gasteiger partial charge in [0.05, 0.1) is 0 Å². The summed E-state index contributed by atoms with van der Waals surface area (Å²) in [5.74, 6) is 0. The van der Waals surface area contributed by atoms with Crippen LogP contribution in [0.1, 0.15) is 12.0 Å². The van der Waals surface area contributed by atoms with Crippen LogP contribution in [0.5, 0.6) is 0 Å². The highest BCUT2D eigenvalue weighted by Crippen LogP contribution is 2.12. The Hall–Kier alpha value is -1.02. The van der Waals surface area contributed by atoms with Crippen LogP contribution < -0.4 is 11.1 Å². The minimum atomic E-state index is -2.73.